The summed E-state index contributed by atoms with van der Waals surface area (Å²) in [5.41, 5.74) is 0.930. The third kappa shape index (κ3) is 5.21. The highest BCUT2D eigenvalue weighted by Crippen LogP contribution is 2.32. The predicted molar refractivity (Wildman–Crippen MR) is 95.8 cm³/mol. The molecule has 27 heavy (non-hydrogen) atoms. The van der Waals surface area contributed by atoms with Crippen molar-refractivity contribution < 1.29 is 28.6 Å². The van der Waals surface area contributed by atoms with Crippen LogP contribution in [-0.4, -0.2) is 44.1 Å². The normalized spacial score (nSPS) is 12.0. The summed E-state index contributed by atoms with van der Waals surface area (Å²) >= 11 is 0. The minimum absolute atomic E-state index is 0.328. The van der Waals surface area contributed by atoms with Gasteiger partial charge in [-0.25, -0.2) is 0 Å². The maximum Gasteiger partial charge on any atom is 0.325 e. The molecule has 2 amide bonds. The molecule has 0 saturated heterocycles. The van der Waals surface area contributed by atoms with Crippen molar-refractivity contribution in [1.29, 1.82) is 0 Å². The van der Waals surface area contributed by atoms with E-state index in [4.69, 9.17) is 14.2 Å². The Morgan fingerprint density at radius 3 is 2.48 bits per heavy atom. The lowest BCUT2D eigenvalue weighted by Crippen LogP contribution is -2.32. The molecule has 0 saturated carbocycles. The van der Waals surface area contributed by atoms with Crippen LogP contribution >= 0.6 is 0 Å². The van der Waals surface area contributed by atoms with E-state index in [-0.39, 0.29) is 6.54 Å². The summed E-state index contributed by atoms with van der Waals surface area (Å²) in [5.74, 6) is -0.459. The van der Waals surface area contributed by atoms with Crippen molar-refractivity contribution in [2.45, 2.75) is 0 Å². The van der Waals surface area contributed by atoms with E-state index in [2.05, 4.69) is 10.6 Å². The van der Waals surface area contributed by atoms with E-state index in [1.807, 2.05) is 0 Å². The van der Waals surface area contributed by atoms with Crippen LogP contribution in [0.5, 0.6) is 11.5 Å². The average molecular weight is 370 g/mol. The lowest BCUT2D eigenvalue weighted by Gasteiger charge is -2.19. The molecule has 0 bridgehead atoms. The third-order valence-corrected chi connectivity index (χ3v) is 3.62. The van der Waals surface area contributed by atoms with Gasteiger partial charge in [0.2, 0.25) is 0 Å². The molecular weight excluding hydrogens is 352 g/mol. The average Bonchev–Trinajstić information content (AvgIpc) is 2.71. The van der Waals surface area contributed by atoms with Gasteiger partial charge in [-0.15, -0.1) is 0 Å². The molecule has 0 aliphatic carbocycles. The Hall–Kier alpha value is -3.55. The minimum atomic E-state index is -0.711. The molecule has 2 N–H and O–H groups in total. The zero-order valence-electron chi connectivity index (χ0n) is 14.4. The van der Waals surface area contributed by atoms with Gasteiger partial charge in [-0.1, -0.05) is 18.2 Å². The van der Waals surface area contributed by atoms with Crippen LogP contribution in [0.2, 0.25) is 0 Å². The number of nitrogens with one attached hydrogen (secondary N) is 2. The van der Waals surface area contributed by atoms with Crippen LogP contribution in [0.15, 0.2) is 48.5 Å². The summed E-state index contributed by atoms with van der Waals surface area (Å²) in [4.78, 5) is 35.4. The molecule has 2 aromatic carbocycles. The number of carbonyl (C=O) groups is 3. The number of hydrogen-bond acceptors (Lipinski definition) is 6. The highest BCUT2D eigenvalue weighted by Gasteiger charge is 2.14. The summed E-state index contributed by atoms with van der Waals surface area (Å²) in [6.07, 6.45) is 0. The number of carbonyl (C=O) groups excluding carboxylic acids is 3. The van der Waals surface area contributed by atoms with Gasteiger partial charge >= 0.3 is 5.97 Å². The smallest absolute Gasteiger partial charge is 0.325 e. The highest BCUT2D eigenvalue weighted by atomic mass is 16.6. The van der Waals surface area contributed by atoms with E-state index in [0.29, 0.717) is 36.0 Å². The first-order valence-corrected chi connectivity index (χ1v) is 8.30. The molecule has 8 heteroatoms. The van der Waals surface area contributed by atoms with Gasteiger partial charge < -0.3 is 24.8 Å². The Morgan fingerprint density at radius 1 is 0.963 bits per heavy atom. The first-order chi connectivity index (χ1) is 13.1. The third-order valence-electron chi connectivity index (χ3n) is 3.62. The van der Waals surface area contributed by atoms with Crippen LogP contribution in [-0.2, 0) is 14.3 Å². The standard InChI is InChI=1S/C19H18N2O6/c22-17(21-14-6-7-15-16(10-14)26-9-8-25-15)12-27-18(23)11-20-19(24)13-4-2-1-3-5-13/h1-7,10H,8-9,11-12H2,(H,20,24)(H,21,22). The first kappa shape index (κ1) is 18.2. The summed E-state index contributed by atoms with van der Waals surface area (Å²) < 4.78 is 15.7. The Kier molecular flexibility index (Phi) is 5.88. The van der Waals surface area contributed by atoms with Gasteiger partial charge in [-0.3, -0.25) is 14.4 Å². The van der Waals surface area contributed by atoms with Gasteiger partial charge in [0, 0.05) is 17.3 Å². The van der Waals surface area contributed by atoms with Crippen molar-refractivity contribution in [1.82, 2.24) is 5.32 Å². The number of amides is 2. The Labute approximate surface area is 155 Å². The summed E-state index contributed by atoms with van der Waals surface area (Å²) in [5, 5.41) is 5.03. The predicted octanol–water partition coefficient (Wildman–Crippen LogP) is 1.37. The molecule has 1 heterocycles. The number of hydrogen-bond donors (Lipinski definition) is 2. The van der Waals surface area contributed by atoms with E-state index in [0.717, 1.165) is 0 Å². The van der Waals surface area contributed by atoms with Crippen molar-refractivity contribution in [2.75, 3.05) is 31.7 Å². The van der Waals surface area contributed by atoms with Crippen LogP contribution < -0.4 is 20.1 Å². The van der Waals surface area contributed by atoms with Gasteiger partial charge in [0.25, 0.3) is 11.8 Å². The molecule has 0 spiro atoms. The van der Waals surface area contributed by atoms with E-state index in [9.17, 15) is 14.4 Å². The molecule has 1 aliphatic rings. The monoisotopic (exact) mass is 370 g/mol. The fourth-order valence-electron chi connectivity index (χ4n) is 2.36. The van der Waals surface area contributed by atoms with Gasteiger partial charge in [0.05, 0.1) is 0 Å². The topological polar surface area (TPSA) is 103 Å². The molecule has 8 nitrogen and oxygen atoms in total. The molecule has 0 fully saturated rings. The highest BCUT2D eigenvalue weighted by molar-refractivity contribution is 5.96. The van der Waals surface area contributed by atoms with Gasteiger partial charge in [0.15, 0.2) is 18.1 Å². The molecule has 3 rings (SSSR count). The van der Waals surface area contributed by atoms with Crippen LogP contribution in [0.1, 0.15) is 10.4 Å². The quantitative estimate of drug-likeness (QED) is 0.745. The van der Waals surface area contributed by atoms with E-state index in [1.165, 1.54) is 0 Å². The minimum Gasteiger partial charge on any atom is -0.486 e. The van der Waals surface area contributed by atoms with Crippen molar-refractivity contribution in [2.24, 2.45) is 0 Å². The van der Waals surface area contributed by atoms with Gasteiger partial charge in [-0.05, 0) is 24.3 Å². The van der Waals surface area contributed by atoms with Crippen LogP contribution in [0.25, 0.3) is 0 Å². The Balaban J connectivity index is 1.41. The molecule has 0 unspecified atom stereocenters. The number of ether oxygens (including phenoxy) is 3. The maximum atomic E-state index is 11.9. The Bertz CT molecular complexity index is 837. The number of esters is 1. The largest absolute Gasteiger partial charge is 0.486 e. The SMILES string of the molecule is O=C(COC(=O)CNC(=O)c1ccccc1)Nc1ccc2c(c1)OCCO2. The zero-order chi connectivity index (χ0) is 19.1. The van der Waals surface area contributed by atoms with E-state index in [1.54, 1.807) is 48.5 Å². The van der Waals surface area contributed by atoms with Crippen molar-refractivity contribution in [3.8, 4) is 11.5 Å². The van der Waals surface area contributed by atoms with E-state index < -0.39 is 24.4 Å². The molecular formula is C19H18N2O6. The summed E-state index contributed by atoms with van der Waals surface area (Å²) in [7, 11) is 0. The fraction of sp³-hybridized carbons (Fsp3) is 0.211. The maximum absolute atomic E-state index is 11.9. The molecule has 0 aromatic heterocycles. The van der Waals surface area contributed by atoms with E-state index >= 15 is 0 Å². The number of fused-ring (bicyclic) bond motifs is 1. The summed E-state index contributed by atoms with van der Waals surface area (Å²) in [6, 6.07) is 13.5. The second-order valence-electron chi connectivity index (χ2n) is 5.62. The lowest BCUT2D eigenvalue weighted by molar-refractivity contribution is -0.146. The number of benzene rings is 2. The van der Waals surface area contributed by atoms with Crippen molar-refractivity contribution >= 4 is 23.5 Å². The molecule has 0 radical (unpaired) electrons. The lowest BCUT2D eigenvalue weighted by atomic mass is 10.2. The summed E-state index contributed by atoms with van der Waals surface area (Å²) in [6.45, 7) is 0.131. The van der Waals surface area contributed by atoms with Crippen LogP contribution in [0.4, 0.5) is 5.69 Å². The van der Waals surface area contributed by atoms with Crippen LogP contribution in [0.3, 0.4) is 0 Å². The second-order valence-corrected chi connectivity index (χ2v) is 5.62. The second kappa shape index (κ2) is 8.70. The first-order valence-electron chi connectivity index (χ1n) is 8.30. The fourth-order valence-corrected chi connectivity index (χ4v) is 2.36. The molecule has 1 aliphatic heterocycles. The molecule has 140 valence electrons. The van der Waals surface area contributed by atoms with Gasteiger partial charge in [-0.2, -0.15) is 0 Å². The molecule has 2 aromatic rings. The number of anilines is 1. The molecule has 0 atom stereocenters. The zero-order valence-corrected chi connectivity index (χ0v) is 14.4. The van der Waals surface area contributed by atoms with Crippen molar-refractivity contribution in [3.05, 3.63) is 54.1 Å². The Morgan fingerprint density at radius 2 is 1.70 bits per heavy atom. The van der Waals surface area contributed by atoms with Crippen molar-refractivity contribution in [3.63, 3.8) is 0 Å². The van der Waals surface area contributed by atoms with Gasteiger partial charge in [0.1, 0.15) is 19.8 Å². The van der Waals surface area contributed by atoms with Crippen LogP contribution in [0, 0.1) is 0 Å². The number of rotatable bonds is 6.